The minimum atomic E-state index is 0.530. The zero-order chi connectivity index (χ0) is 6.57. The number of rotatable bonds is 3. The third-order valence-corrected chi connectivity index (χ3v) is 1.14. The smallest absolute Gasteiger partial charge is 0.0297 e. The quantitative estimate of drug-likeness (QED) is 0.491. The van der Waals surface area contributed by atoms with Gasteiger partial charge in [-0.2, -0.15) is 0 Å². The fraction of sp³-hybridized carbons (Fsp3) is 0.625. The van der Waals surface area contributed by atoms with Crippen LogP contribution in [-0.4, -0.2) is 0 Å². The third-order valence-electron chi connectivity index (χ3n) is 1.14. The molecule has 47 valence electrons. The van der Waals surface area contributed by atoms with Crippen molar-refractivity contribution in [2.75, 3.05) is 0 Å². The highest BCUT2D eigenvalue weighted by Crippen LogP contribution is 2.09. The Kier molecular flexibility index (Phi) is 3.59. The van der Waals surface area contributed by atoms with Gasteiger partial charge < -0.3 is 0 Å². The molecule has 0 aliphatic heterocycles. The van der Waals surface area contributed by atoms with Crippen molar-refractivity contribution in [1.29, 1.82) is 0 Å². The molecule has 1 atom stereocenters. The first-order valence-electron chi connectivity index (χ1n) is 3.16. The minimum Gasteiger partial charge on any atom is -0.0999 e. The fourth-order valence-electron chi connectivity index (χ4n) is 0.637. The first-order valence-corrected chi connectivity index (χ1v) is 3.16. The van der Waals surface area contributed by atoms with Crippen LogP contribution in [0.5, 0.6) is 0 Å². The predicted octanol–water partition coefficient (Wildman–Crippen LogP) is 2.81. The lowest BCUT2D eigenvalue weighted by atomic mass is 10.0. The molecule has 1 unspecified atom stereocenters. The van der Waals surface area contributed by atoms with E-state index in [-0.39, 0.29) is 0 Å². The van der Waals surface area contributed by atoms with Gasteiger partial charge in [-0.05, 0) is 18.8 Å². The molecule has 0 aromatic rings. The molecule has 0 saturated heterocycles. The molecule has 0 amide bonds. The summed E-state index contributed by atoms with van der Waals surface area (Å²) in [5.74, 6) is 0.530. The monoisotopic (exact) mass is 111 g/mol. The van der Waals surface area contributed by atoms with Gasteiger partial charge in [0.2, 0.25) is 0 Å². The molecular weight excluding hydrogens is 96.1 g/mol. The highest BCUT2D eigenvalue weighted by atomic mass is 14.0. The standard InChI is InChI=1S/C8H15/c1-5-8(4)6-7(2)3/h7H,2,4-6H2,1,3H3. The van der Waals surface area contributed by atoms with E-state index in [0.29, 0.717) is 5.92 Å². The second kappa shape index (κ2) is 3.71. The van der Waals surface area contributed by atoms with Crippen LogP contribution in [0.4, 0.5) is 0 Å². The van der Waals surface area contributed by atoms with Gasteiger partial charge in [-0.3, -0.25) is 0 Å². The Balaban J connectivity index is 3.25. The summed E-state index contributed by atoms with van der Waals surface area (Å²) in [5, 5.41) is 0. The van der Waals surface area contributed by atoms with Crippen LogP contribution in [0, 0.1) is 12.8 Å². The van der Waals surface area contributed by atoms with Crippen molar-refractivity contribution in [3.8, 4) is 0 Å². The molecule has 0 aliphatic carbocycles. The van der Waals surface area contributed by atoms with Gasteiger partial charge >= 0.3 is 0 Å². The molecular formula is C8H15. The Hall–Kier alpha value is -0.260. The van der Waals surface area contributed by atoms with Crippen LogP contribution in [-0.2, 0) is 0 Å². The van der Waals surface area contributed by atoms with Gasteiger partial charge in [0.15, 0.2) is 0 Å². The molecule has 0 rings (SSSR count). The molecule has 0 fully saturated rings. The van der Waals surface area contributed by atoms with Crippen LogP contribution >= 0.6 is 0 Å². The fourth-order valence-corrected chi connectivity index (χ4v) is 0.637. The zero-order valence-corrected chi connectivity index (χ0v) is 5.91. The molecule has 1 radical (unpaired) electrons. The topological polar surface area (TPSA) is 0 Å². The number of hydrogen-bond acceptors (Lipinski definition) is 0. The van der Waals surface area contributed by atoms with E-state index in [1.807, 2.05) is 0 Å². The Morgan fingerprint density at radius 1 is 1.62 bits per heavy atom. The second-order valence-corrected chi connectivity index (χ2v) is 2.41. The minimum absolute atomic E-state index is 0.530. The van der Waals surface area contributed by atoms with Crippen LogP contribution < -0.4 is 0 Å². The van der Waals surface area contributed by atoms with Gasteiger partial charge in [-0.25, -0.2) is 0 Å². The van der Waals surface area contributed by atoms with Crippen molar-refractivity contribution >= 4 is 0 Å². The SMILES string of the molecule is [CH2]C(C)CC(=C)CC. The van der Waals surface area contributed by atoms with Crippen molar-refractivity contribution in [2.24, 2.45) is 5.92 Å². The van der Waals surface area contributed by atoms with Gasteiger partial charge in [-0.1, -0.05) is 32.9 Å². The van der Waals surface area contributed by atoms with Crippen LogP contribution in [0.1, 0.15) is 26.7 Å². The van der Waals surface area contributed by atoms with Crippen molar-refractivity contribution in [1.82, 2.24) is 0 Å². The molecule has 0 bridgehead atoms. The lowest BCUT2D eigenvalue weighted by molar-refractivity contribution is 0.697. The molecule has 0 N–H and O–H groups in total. The first kappa shape index (κ1) is 7.74. The first-order chi connectivity index (χ1) is 3.66. The molecule has 0 saturated carbocycles. The van der Waals surface area contributed by atoms with E-state index in [4.69, 9.17) is 0 Å². The predicted molar refractivity (Wildman–Crippen MR) is 38.6 cm³/mol. The maximum Gasteiger partial charge on any atom is -0.0297 e. The molecule has 0 heteroatoms. The summed E-state index contributed by atoms with van der Waals surface area (Å²) in [6.07, 6.45) is 2.18. The number of hydrogen-bond donors (Lipinski definition) is 0. The molecule has 0 aliphatic rings. The Morgan fingerprint density at radius 3 is 2.25 bits per heavy atom. The van der Waals surface area contributed by atoms with Crippen LogP contribution in [0.15, 0.2) is 12.2 Å². The molecule has 0 spiro atoms. The Labute approximate surface area is 52.6 Å². The van der Waals surface area contributed by atoms with E-state index < -0.39 is 0 Å². The van der Waals surface area contributed by atoms with Crippen LogP contribution in [0.2, 0.25) is 0 Å². The molecule has 0 aromatic heterocycles. The highest BCUT2D eigenvalue weighted by molar-refractivity contribution is 4.93. The summed E-state index contributed by atoms with van der Waals surface area (Å²) in [7, 11) is 0. The average Bonchev–Trinajstić information content (AvgIpc) is 1.65. The van der Waals surface area contributed by atoms with E-state index in [1.165, 1.54) is 5.57 Å². The highest BCUT2D eigenvalue weighted by Gasteiger charge is 1.94. The average molecular weight is 111 g/mol. The van der Waals surface area contributed by atoms with Gasteiger partial charge in [0.1, 0.15) is 0 Å². The van der Waals surface area contributed by atoms with E-state index >= 15 is 0 Å². The maximum atomic E-state index is 3.87. The van der Waals surface area contributed by atoms with Crippen LogP contribution in [0.25, 0.3) is 0 Å². The molecule has 0 nitrogen and oxygen atoms in total. The molecule has 8 heavy (non-hydrogen) atoms. The van der Waals surface area contributed by atoms with Gasteiger partial charge in [0, 0.05) is 0 Å². The van der Waals surface area contributed by atoms with Gasteiger partial charge in [0.05, 0.1) is 0 Å². The van der Waals surface area contributed by atoms with Crippen molar-refractivity contribution < 1.29 is 0 Å². The van der Waals surface area contributed by atoms with Crippen LogP contribution in [0.3, 0.4) is 0 Å². The summed E-state index contributed by atoms with van der Waals surface area (Å²) < 4.78 is 0. The maximum absolute atomic E-state index is 3.87. The lowest BCUT2D eigenvalue weighted by Gasteiger charge is -2.03. The van der Waals surface area contributed by atoms with E-state index in [0.717, 1.165) is 12.8 Å². The summed E-state index contributed by atoms with van der Waals surface area (Å²) in [5.41, 5.74) is 1.31. The summed E-state index contributed by atoms with van der Waals surface area (Å²) >= 11 is 0. The normalized spacial score (nSPS) is 10.0. The summed E-state index contributed by atoms with van der Waals surface area (Å²) in [6.45, 7) is 12.0. The van der Waals surface area contributed by atoms with E-state index in [1.54, 1.807) is 0 Å². The van der Waals surface area contributed by atoms with Crippen molar-refractivity contribution in [2.45, 2.75) is 26.7 Å². The third kappa shape index (κ3) is 3.91. The summed E-state index contributed by atoms with van der Waals surface area (Å²) in [4.78, 5) is 0. The Bertz CT molecular complexity index is 70.1. The van der Waals surface area contributed by atoms with E-state index in [2.05, 4.69) is 27.4 Å². The van der Waals surface area contributed by atoms with E-state index in [9.17, 15) is 0 Å². The molecule has 0 aromatic carbocycles. The van der Waals surface area contributed by atoms with Crippen molar-refractivity contribution in [3.05, 3.63) is 19.1 Å². The molecule has 0 heterocycles. The number of allylic oxidation sites excluding steroid dienone is 1. The Morgan fingerprint density at radius 2 is 2.12 bits per heavy atom. The lowest BCUT2D eigenvalue weighted by Crippen LogP contribution is -1.88. The zero-order valence-electron chi connectivity index (χ0n) is 5.91. The largest absolute Gasteiger partial charge is 0.0999 e. The van der Waals surface area contributed by atoms with Gasteiger partial charge in [-0.15, -0.1) is 0 Å². The van der Waals surface area contributed by atoms with Gasteiger partial charge in [0.25, 0.3) is 0 Å². The van der Waals surface area contributed by atoms with Crippen molar-refractivity contribution in [3.63, 3.8) is 0 Å². The second-order valence-electron chi connectivity index (χ2n) is 2.41. The summed E-state index contributed by atoms with van der Waals surface area (Å²) in [6, 6.07) is 0.